The topological polar surface area (TPSA) is 40.6 Å². The average Bonchev–Trinajstić information content (AvgIpc) is 3.19. The van der Waals surface area contributed by atoms with Crippen LogP contribution in [-0.2, 0) is 4.79 Å². The number of rotatable bonds is 2. The van der Waals surface area contributed by atoms with Gasteiger partial charge < -0.3 is 9.80 Å². The Morgan fingerprint density at radius 2 is 2.00 bits per heavy atom. The number of amides is 2. The fourth-order valence-corrected chi connectivity index (χ4v) is 4.03. The predicted octanol–water partition coefficient (Wildman–Crippen LogP) is 2.27. The molecule has 0 aliphatic carbocycles. The van der Waals surface area contributed by atoms with Crippen molar-refractivity contribution in [3.05, 3.63) is 35.1 Å². The molecule has 0 aromatic heterocycles. The highest BCUT2D eigenvalue weighted by molar-refractivity contribution is 7.99. The van der Waals surface area contributed by atoms with E-state index in [0.29, 0.717) is 22.8 Å². The lowest BCUT2D eigenvalue weighted by Gasteiger charge is -2.27. The summed E-state index contributed by atoms with van der Waals surface area (Å²) < 4.78 is 13.7. The van der Waals surface area contributed by atoms with E-state index in [0.717, 1.165) is 25.9 Å². The Labute approximate surface area is 133 Å². The van der Waals surface area contributed by atoms with Gasteiger partial charge in [-0.05, 0) is 37.5 Å². The number of carbonyl (C=O) groups excluding carboxylic acids is 2. The smallest absolute Gasteiger partial charge is 0.255 e. The fraction of sp³-hybridized carbons (Fsp3) is 0.500. The summed E-state index contributed by atoms with van der Waals surface area (Å²) in [6.07, 6.45) is 2.06. The van der Waals surface area contributed by atoms with Crippen LogP contribution in [0.25, 0.3) is 0 Å². The van der Waals surface area contributed by atoms with Gasteiger partial charge in [0.05, 0.1) is 5.88 Å². The zero-order valence-electron chi connectivity index (χ0n) is 12.5. The van der Waals surface area contributed by atoms with E-state index >= 15 is 0 Å². The van der Waals surface area contributed by atoms with Crippen LogP contribution in [0, 0.1) is 12.7 Å². The van der Waals surface area contributed by atoms with Crippen molar-refractivity contribution >= 4 is 23.6 Å². The van der Waals surface area contributed by atoms with Crippen molar-refractivity contribution in [2.75, 3.05) is 24.7 Å². The lowest BCUT2D eigenvalue weighted by Crippen LogP contribution is -2.48. The Bertz CT molecular complexity index is 602. The summed E-state index contributed by atoms with van der Waals surface area (Å²) in [5.41, 5.74) is 0.821. The van der Waals surface area contributed by atoms with E-state index in [2.05, 4.69) is 0 Å². The molecule has 0 bridgehead atoms. The number of halogens is 1. The maximum absolute atomic E-state index is 13.7. The first kappa shape index (κ1) is 15.3. The highest BCUT2D eigenvalue weighted by Crippen LogP contribution is 2.26. The molecule has 0 N–H and O–H groups in total. The van der Waals surface area contributed by atoms with E-state index in [1.807, 2.05) is 4.90 Å². The zero-order chi connectivity index (χ0) is 15.7. The SMILES string of the molecule is Cc1ccc(C(=O)N2CSCC2C(=O)N2CCCC2)cc1F. The maximum Gasteiger partial charge on any atom is 0.255 e. The first-order chi connectivity index (χ1) is 10.6. The first-order valence-corrected chi connectivity index (χ1v) is 8.67. The van der Waals surface area contributed by atoms with Crippen molar-refractivity contribution in [3.8, 4) is 0 Å². The lowest BCUT2D eigenvalue weighted by molar-refractivity contribution is -0.133. The van der Waals surface area contributed by atoms with E-state index in [1.165, 1.54) is 6.07 Å². The van der Waals surface area contributed by atoms with Crippen molar-refractivity contribution < 1.29 is 14.0 Å². The summed E-state index contributed by atoms with van der Waals surface area (Å²) in [7, 11) is 0. The van der Waals surface area contributed by atoms with Gasteiger partial charge in [0.1, 0.15) is 11.9 Å². The van der Waals surface area contributed by atoms with Crippen LogP contribution in [0.15, 0.2) is 18.2 Å². The van der Waals surface area contributed by atoms with E-state index in [9.17, 15) is 14.0 Å². The van der Waals surface area contributed by atoms with E-state index in [-0.39, 0.29) is 17.6 Å². The van der Waals surface area contributed by atoms with Gasteiger partial charge in [-0.2, -0.15) is 0 Å². The second-order valence-corrected chi connectivity index (χ2v) is 6.79. The van der Waals surface area contributed by atoms with E-state index in [1.54, 1.807) is 35.7 Å². The normalized spacial score (nSPS) is 21.5. The van der Waals surface area contributed by atoms with Crippen molar-refractivity contribution in [2.24, 2.45) is 0 Å². The van der Waals surface area contributed by atoms with Crippen LogP contribution in [0.1, 0.15) is 28.8 Å². The van der Waals surface area contributed by atoms with Crippen LogP contribution < -0.4 is 0 Å². The minimum Gasteiger partial charge on any atom is -0.341 e. The van der Waals surface area contributed by atoms with Crippen LogP contribution in [-0.4, -0.2) is 52.4 Å². The molecule has 3 rings (SSSR count). The van der Waals surface area contributed by atoms with Gasteiger partial charge in [0.15, 0.2) is 0 Å². The van der Waals surface area contributed by atoms with Gasteiger partial charge in [0.25, 0.3) is 5.91 Å². The number of carbonyl (C=O) groups is 2. The fourth-order valence-electron chi connectivity index (χ4n) is 2.89. The van der Waals surface area contributed by atoms with Gasteiger partial charge >= 0.3 is 0 Å². The third kappa shape index (κ3) is 2.84. The van der Waals surface area contributed by atoms with E-state index < -0.39 is 6.04 Å². The molecule has 1 atom stereocenters. The molecule has 0 saturated carbocycles. The van der Waals surface area contributed by atoms with Crippen LogP contribution in [0.3, 0.4) is 0 Å². The summed E-state index contributed by atoms with van der Waals surface area (Å²) in [5.74, 6) is 0.485. The molecule has 22 heavy (non-hydrogen) atoms. The molecular weight excluding hydrogens is 303 g/mol. The molecule has 2 aliphatic rings. The molecule has 1 unspecified atom stereocenters. The molecular formula is C16H19FN2O2S. The molecule has 1 aromatic carbocycles. The summed E-state index contributed by atoms with van der Waals surface area (Å²) >= 11 is 1.57. The largest absolute Gasteiger partial charge is 0.341 e. The molecule has 0 radical (unpaired) electrons. The third-order valence-corrected chi connectivity index (χ3v) is 5.28. The van der Waals surface area contributed by atoms with Gasteiger partial charge in [-0.25, -0.2) is 4.39 Å². The second kappa shape index (κ2) is 6.28. The van der Waals surface area contributed by atoms with Crippen molar-refractivity contribution in [1.82, 2.24) is 9.80 Å². The molecule has 2 aliphatic heterocycles. The maximum atomic E-state index is 13.7. The quantitative estimate of drug-likeness (QED) is 0.839. The van der Waals surface area contributed by atoms with Gasteiger partial charge in [-0.3, -0.25) is 9.59 Å². The monoisotopic (exact) mass is 322 g/mol. The average molecular weight is 322 g/mol. The molecule has 2 amide bonds. The highest BCUT2D eigenvalue weighted by atomic mass is 32.2. The minimum atomic E-state index is -0.417. The molecule has 2 fully saturated rings. The van der Waals surface area contributed by atoms with Crippen LogP contribution >= 0.6 is 11.8 Å². The number of likely N-dealkylation sites (tertiary alicyclic amines) is 1. The number of aryl methyl sites for hydroxylation is 1. The molecule has 2 saturated heterocycles. The third-order valence-electron chi connectivity index (χ3n) is 4.26. The minimum absolute atomic E-state index is 0.0310. The lowest BCUT2D eigenvalue weighted by atomic mass is 10.1. The standard InChI is InChI=1S/C16H19FN2O2S/c1-11-4-5-12(8-13(11)17)15(20)19-10-22-9-14(19)16(21)18-6-2-3-7-18/h4-5,8,14H,2-3,6-7,9-10H2,1H3. The highest BCUT2D eigenvalue weighted by Gasteiger charge is 2.38. The molecule has 4 nitrogen and oxygen atoms in total. The van der Waals surface area contributed by atoms with Gasteiger partial charge in [-0.1, -0.05) is 6.07 Å². The van der Waals surface area contributed by atoms with Gasteiger partial charge in [-0.15, -0.1) is 11.8 Å². The summed E-state index contributed by atoms with van der Waals surface area (Å²) in [6.45, 7) is 3.22. The number of hydrogen-bond donors (Lipinski definition) is 0. The Hall–Kier alpha value is -1.56. The van der Waals surface area contributed by atoms with Gasteiger partial charge in [0, 0.05) is 24.4 Å². The van der Waals surface area contributed by atoms with Crippen molar-refractivity contribution in [3.63, 3.8) is 0 Å². The number of nitrogens with zero attached hydrogens (tertiary/aromatic N) is 2. The van der Waals surface area contributed by atoms with E-state index in [4.69, 9.17) is 0 Å². The second-order valence-electron chi connectivity index (χ2n) is 5.79. The molecule has 6 heteroatoms. The van der Waals surface area contributed by atoms with Crippen LogP contribution in [0.2, 0.25) is 0 Å². The number of hydrogen-bond acceptors (Lipinski definition) is 3. The molecule has 2 heterocycles. The van der Waals surface area contributed by atoms with Crippen molar-refractivity contribution in [2.45, 2.75) is 25.8 Å². The summed E-state index contributed by atoms with van der Waals surface area (Å²) in [4.78, 5) is 28.6. The Morgan fingerprint density at radius 1 is 1.27 bits per heavy atom. The Kier molecular flexibility index (Phi) is 4.38. The first-order valence-electron chi connectivity index (χ1n) is 7.51. The summed E-state index contributed by atoms with van der Waals surface area (Å²) in [5, 5.41) is 0. The summed E-state index contributed by atoms with van der Waals surface area (Å²) in [6, 6.07) is 4.07. The van der Waals surface area contributed by atoms with Gasteiger partial charge in [0.2, 0.25) is 5.91 Å². The molecule has 118 valence electrons. The predicted molar refractivity (Wildman–Crippen MR) is 84.2 cm³/mol. The number of benzene rings is 1. The Morgan fingerprint density at radius 3 is 2.68 bits per heavy atom. The Balaban J connectivity index is 1.78. The number of thioether (sulfide) groups is 1. The zero-order valence-corrected chi connectivity index (χ0v) is 13.4. The van der Waals surface area contributed by atoms with Crippen molar-refractivity contribution in [1.29, 1.82) is 0 Å². The molecule has 0 spiro atoms. The van der Waals surface area contributed by atoms with Crippen LogP contribution in [0.4, 0.5) is 4.39 Å². The van der Waals surface area contributed by atoms with Crippen LogP contribution in [0.5, 0.6) is 0 Å². The molecule has 1 aromatic rings.